The molecule has 0 spiro atoms. The zero-order valence-electron chi connectivity index (χ0n) is 8.01. The van der Waals surface area contributed by atoms with Crippen LogP contribution in [0.3, 0.4) is 0 Å². The SMILES string of the molecule is CCC(C)(OC=O)C1CCCC1. The van der Waals surface area contributed by atoms with E-state index in [1.807, 2.05) is 0 Å². The molecule has 0 radical (unpaired) electrons. The van der Waals surface area contributed by atoms with E-state index >= 15 is 0 Å². The van der Waals surface area contributed by atoms with Crippen LogP contribution in [0, 0.1) is 5.92 Å². The molecule has 1 unspecified atom stereocenters. The highest BCUT2D eigenvalue weighted by Crippen LogP contribution is 2.37. The third kappa shape index (κ3) is 1.79. The molecule has 2 heteroatoms. The molecule has 12 heavy (non-hydrogen) atoms. The average molecular weight is 170 g/mol. The van der Waals surface area contributed by atoms with Gasteiger partial charge in [0.2, 0.25) is 0 Å². The van der Waals surface area contributed by atoms with Crippen molar-refractivity contribution in [3.05, 3.63) is 0 Å². The van der Waals surface area contributed by atoms with E-state index < -0.39 is 0 Å². The monoisotopic (exact) mass is 170 g/mol. The Hall–Kier alpha value is -0.530. The van der Waals surface area contributed by atoms with Gasteiger partial charge in [-0.25, -0.2) is 0 Å². The highest BCUT2D eigenvalue weighted by Gasteiger charge is 2.35. The number of carbonyl (C=O) groups is 1. The van der Waals surface area contributed by atoms with E-state index in [1.54, 1.807) is 0 Å². The Morgan fingerprint density at radius 2 is 2.08 bits per heavy atom. The molecule has 70 valence electrons. The lowest BCUT2D eigenvalue weighted by Crippen LogP contribution is -2.35. The van der Waals surface area contributed by atoms with Gasteiger partial charge in [-0.05, 0) is 32.1 Å². The molecule has 2 nitrogen and oxygen atoms in total. The molecule has 0 aromatic rings. The standard InChI is InChI=1S/C10H18O2/c1-3-10(2,12-8-11)9-6-4-5-7-9/h8-9H,3-7H2,1-2H3. The van der Waals surface area contributed by atoms with Crippen molar-refractivity contribution in [3.63, 3.8) is 0 Å². The minimum atomic E-state index is -0.196. The smallest absolute Gasteiger partial charge is 0.293 e. The largest absolute Gasteiger partial charge is 0.461 e. The van der Waals surface area contributed by atoms with Crippen molar-refractivity contribution in [1.29, 1.82) is 0 Å². The van der Waals surface area contributed by atoms with Gasteiger partial charge in [0.05, 0.1) is 0 Å². The third-order valence-corrected chi connectivity index (χ3v) is 3.24. The second-order valence-corrected chi connectivity index (χ2v) is 3.86. The molecule has 1 rings (SSSR count). The molecule has 0 aromatic carbocycles. The summed E-state index contributed by atoms with van der Waals surface area (Å²) in [4.78, 5) is 10.3. The number of hydrogen-bond donors (Lipinski definition) is 0. The molecule has 1 saturated carbocycles. The molecule has 0 bridgehead atoms. The zero-order valence-corrected chi connectivity index (χ0v) is 8.01. The van der Waals surface area contributed by atoms with Crippen LogP contribution < -0.4 is 0 Å². The van der Waals surface area contributed by atoms with Gasteiger partial charge in [-0.2, -0.15) is 0 Å². The first-order valence-electron chi connectivity index (χ1n) is 4.84. The molecular weight excluding hydrogens is 152 g/mol. The maximum Gasteiger partial charge on any atom is 0.293 e. The molecule has 0 aliphatic heterocycles. The highest BCUT2D eigenvalue weighted by molar-refractivity contribution is 5.38. The van der Waals surface area contributed by atoms with Gasteiger partial charge in [-0.3, -0.25) is 4.79 Å². The molecule has 1 aliphatic rings. The minimum Gasteiger partial charge on any atom is -0.461 e. The van der Waals surface area contributed by atoms with E-state index in [4.69, 9.17) is 4.74 Å². The van der Waals surface area contributed by atoms with Crippen molar-refractivity contribution in [1.82, 2.24) is 0 Å². The van der Waals surface area contributed by atoms with Gasteiger partial charge < -0.3 is 4.74 Å². The van der Waals surface area contributed by atoms with Crippen molar-refractivity contribution in [2.24, 2.45) is 5.92 Å². The summed E-state index contributed by atoms with van der Waals surface area (Å²) in [5, 5.41) is 0. The zero-order chi connectivity index (χ0) is 9.03. The van der Waals surface area contributed by atoms with Crippen LogP contribution in [0.15, 0.2) is 0 Å². The fourth-order valence-electron chi connectivity index (χ4n) is 2.11. The van der Waals surface area contributed by atoms with Crippen LogP contribution in [-0.4, -0.2) is 12.1 Å². The quantitative estimate of drug-likeness (QED) is 0.606. The summed E-state index contributed by atoms with van der Waals surface area (Å²) in [5.41, 5.74) is -0.196. The van der Waals surface area contributed by atoms with E-state index in [2.05, 4.69) is 13.8 Å². The summed E-state index contributed by atoms with van der Waals surface area (Å²) in [7, 11) is 0. The van der Waals surface area contributed by atoms with E-state index in [-0.39, 0.29) is 5.60 Å². The number of carbonyl (C=O) groups excluding carboxylic acids is 1. The fourth-order valence-corrected chi connectivity index (χ4v) is 2.11. The lowest BCUT2D eigenvalue weighted by Gasteiger charge is -2.32. The Morgan fingerprint density at radius 1 is 1.50 bits per heavy atom. The van der Waals surface area contributed by atoms with Gasteiger partial charge in [0.15, 0.2) is 0 Å². The summed E-state index contributed by atoms with van der Waals surface area (Å²) < 4.78 is 5.18. The summed E-state index contributed by atoms with van der Waals surface area (Å²) in [6, 6.07) is 0. The second-order valence-electron chi connectivity index (χ2n) is 3.86. The highest BCUT2D eigenvalue weighted by atomic mass is 16.5. The number of rotatable bonds is 4. The first-order chi connectivity index (χ1) is 5.73. The van der Waals surface area contributed by atoms with Crippen LogP contribution in [-0.2, 0) is 9.53 Å². The van der Waals surface area contributed by atoms with Gasteiger partial charge in [-0.15, -0.1) is 0 Å². The summed E-state index contributed by atoms with van der Waals surface area (Å²) >= 11 is 0. The van der Waals surface area contributed by atoms with Crippen LogP contribution in [0.2, 0.25) is 0 Å². The van der Waals surface area contributed by atoms with Gasteiger partial charge in [0.1, 0.15) is 5.60 Å². The molecule has 0 saturated heterocycles. The molecule has 0 aromatic heterocycles. The topological polar surface area (TPSA) is 26.3 Å². The van der Waals surface area contributed by atoms with Crippen LogP contribution >= 0.6 is 0 Å². The second kappa shape index (κ2) is 3.92. The first-order valence-corrected chi connectivity index (χ1v) is 4.84. The van der Waals surface area contributed by atoms with Crippen molar-refractivity contribution in [2.45, 2.75) is 51.6 Å². The number of ether oxygens (including phenoxy) is 1. The van der Waals surface area contributed by atoms with Crippen LogP contribution in [0.4, 0.5) is 0 Å². The minimum absolute atomic E-state index is 0.196. The van der Waals surface area contributed by atoms with E-state index in [0.29, 0.717) is 12.4 Å². The lowest BCUT2D eigenvalue weighted by molar-refractivity contribution is -0.148. The van der Waals surface area contributed by atoms with E-state index in [0.717, 1.165) is 6.42 Å². The Bertz CT molecular complexity index is 150. The van der Waals surface area contributed by atoms with Crippen LogP contribution in [0.5, 0.6) is 0 Å². The van der Waals surface area contributed by atoms with Crippen LogP contribution in [0.1, 0.15) is 46.0 Å². The van der Waals surface area contributed by atoms with E-state index in [9.17, 15) is 4.79 Å². The molecule has 0 N–H and O–H groups in total. The lowest BCUT2D eigenvalue weighted by atomic mass is 9.85. The predicted molar refractivity (Wildman–Crippen MR) is 47.8 cm³/mol. The third-order valence-electron chi connectivity index (χ3n) is 3.24. The predicted octanol–water partition coefficient (Wildman–Crippen LogP) is 2.52. The summed E-state index contributed by atoms with van der Waals surface area (Å²) in [5.74, 6) is 0.590. The molecule has 1 atom stereocenters. The summed E-state index contributed by atoms with van der Waals surface area (Å²) in [6.07, 6.45) is 5.96. The van der Waals surface area contributed by atoms with Crippen molar-refractivity contribution in [2.75, 3.05) is 0 Å². The Kier molecular flexibility index (Phi) is 3.12. The number of hydrogen-bond acceptors (Lipinski definition) is 2. The fraction of sp³-hybridized carbons (Fsp3) is 0.900. The van der Waals surface area contributed by atoms with Crippen LogP contribution in [0.25, 0.3) is 0 Å². The average Bonchev–Trinajstić information content (AvgIpc) is 2.57. The van der Waals surface area contributed by atoms with E-state index in [1.165, 1.54) is 25.7 Å². The summed E-state index contributed by atoms with van der Waals surface area (Å²) in [6.45, 7) is 4.74. The maximum atomic E-state index is 10.3. The van der Waals surface area contributed by atoms with Gasteiger partial charge >= 0.3 is 0 Å². The van der Waals surface area contributed by atoms with Gasteiger partial charge in [0, 0.05) is 0 Å². The Morgan fingerprint density at radius 3 is 2.50 bits per heavy atom. The Balaban J connectivity index is 2.56. The molecule has 1 aliphatic carbocycles. The van der Waals surface area contributed by atoms with Crippen molar-refractivity contribution < 1.29 is 9.53 Å². The molecule has 0 heterocycles. The maximum absolute atomic E-state index is 10.3. The molecule has 1 fully saturated rings. The van der Waals surface area contributed by atoms with Gasteiger partial charge in [0.25, 0.3) is 6.47 Å². The van der Waals surface area contributed by atoms with Crippen molar-refractivity contribution >= 4 is 6.47 Å². The Labute approximate surface area is 74.3 Å². The van der Waals surface area contributed by atoms with Gasteiger partial charge in [-0.1, -0.05) is 19.8 Å². The first kappa shape index (κ1) is 9.56. The van der Waals surface area contributed by atoms with Crippen molar-refractivity contribution in [3.8, 4) is 0 Å². The molecule has 0 amide bonds. The normalized spacial score (nSPS) is 23.5. The molecular formula is C10H18O2.